The first-order chi connectivity index (χ1) is 17.1. The van der Waals surface area contributed by atoms with Crippen LogP contribution in [-0.2, 0) is 0 Å². The molecule has 0 spiro atoms. The third kappa shape index (κ3) is 6.74. The highest BCUT2D eigenvalue weighted by molar-refractivity contribution is 5.97. The minimum Gasteiger partial charge on any atom is -0.361 e. The van der Waals surface area contributed by atoms with Crippen molar-refractivity contribution < 1.29 is 39.9 Å². The fourth-order valence-electron chi connectivity index (χ4n) is 3.50. The molecule has 14 heteroatoms. The van der Waals surface area contributed by atoms with E-state index in [1.165, 1.54) is 13.8 Å². The fourth-order valence-corrected chi connectivity index (χ4v) is 3.50. The van der Waals surface area contributed by atoms with Gasteiger partial charge >= 0.3 is 12.4 Å². The highest BCUT2D eigenvalue weighted by Gasteiger charge is 2.41. The number of carbonyl (C=O) groups is 1. The number of alkyl halides is 6. The van der Waals surface area contributed by atoms with Crippen LogP contribution in [0, 0.1) is 17.6 Å². The number of rotatable bonds is 7. The largest absolute Gasteiger partial charge is 0.408 e. The number of hydrogen-bond acceptors (Lipinski definition) is 4. The number of nitrogens with one attached hydrogen (secondary N) is 2. The SMILES string of the molecule is CC(C)CC(NC(=O)c1cn(-c2ccc(F)cc2F)c2nc(NCC(F)(F)F)ccc2c1=O)C(F)(F)F. The number of benzene rings is 1. The second-order valence-corrected chi connectivity index (χ2v) is 8.57. The monoisotopic (exact) mass is 536 g/mol. The number of hydrogen-bond donors (Lipinski definition) is 2. The van der Waals surface area contributed by atoms with Crippen LogP contribution in [0.15, 0.2) is 41.3 Å². The highest BCUT2D eigenvalue weighted by atomic mass is 19.4. The summed E-state index contributed by atoms with van der Waals surface area (Å²) < 4.78 is 107. The van der Waals surface area contributed by atoms with Gasteiger partial charge in [0.25, 0.3) is 5.91 Å². The van der Waals surface area contributed by atoms with E-state index in [4.69, 9.17) is 0 Å². The summed E-state index contributed by atoms with van der Waals surface area (Å²) in [6.07, 6.45) is -9.23. The average molecular weight is 536 g/mol. The van der Waals surface area contributed by atoms with Gasteiger partial charge in [-0.1, -0.05) is 13.8 Å². The summed E-state index contributed by atoms with van der Waals surface area (Å²) in [5.74, 6) is -4.43. The molecule has 0 radical (unpaired) electrons. The van der Waals surface area contributed by atoms with Crippen molar-refractivity contribution in [3.8, 4) is 5.69 Å². The Morgan fingerprint density at radius 2 is 1.73 bits per heavy atom. The standard InChI is InChI=1S/C23H20F8N4O2/c1-11(2)7-17(23(29,30)31)33-21(37)14-9-35(16-5-3-12(24)8-15(16)25)20-13(19(14)36)4-6-18(34-20)32-10-22(26,27)28/h3-6,8-9,11,17H,7,10H2,1-2H3,(H,32,34)(H,33,37). The molecule has 2 N–H and O–H groups in total. The zero-order chi connectivity index (χ0) is 27.7. The van der Waals surface area contributed by atoms with Crippen molar-refractivity contribution in [1.29, 1.82) is 0 Å². The molecule has 37 heavy (non-hydrogen) atoms. The number of halogens is 8. The van der Waals surface area contributed by atoms with Crippen molar-refractivity contribution in [2.75, 3.05) is 11.9 Å². The van der Waals surface area contributed by atoms with Gasteiger partial charge in [0.05, 0.1) is 11.1 Å². The Morgan fingerprint density at radius 1 is 1.05 bits per heavy atom. The quantitative estimate of drug-likeness (QED) is 0.400. The molecule has 1 unspecified atom stereocenters. The maximum atomic E-state index is 14.6. The van der Waals surface area contributed by atoms with E-state index in [1.54, 1.807) is 5.32 Å². The topological polar surface area (TPSA) is 76.0 Å². The number of carbonyl (C=O) groups excluding carboxylic acids is 1. The number of fused-ring (bicyclic) bond motifs is 1. The van der Waals surface area contributed by atoms with Crippen LogP contribution in [0.4, 0.5) is 40.9 Å². The van der Waals surface area contributed by atoms with Gasteiger partial charge in [-0.2, -0.15) is 26.3 Å². The van der Waals surface area contributed by atoms with Crippen molar-refractivity contribution in [1.82, 2.24) is 14.9 Å². The van der Waals surface area contributed by atoms with Gasteiger partial charge in [0.15, 0.2) is 5.65 Å². The molecule has 1 amide bonds. The zero-order valence-corrected chi connectivity index (χ0v) is 19.3. The predicted molar refractivity (Wildman–Crippen MR) is 119 cm³/mol. The first-order valence-corrected chi connectivity index (χ1v) is 10.8. The van der Waals surface area contributed by atoms with Crippen molar-refractivity contribution in [2.24, 2.45) is 5.92 Å². The van der Waals surface area contributed by atoms with Gasteiger partial charge in [0.2, 0.25) is 5.43 Å². The lowest BCUT2D eigenvalue weighted by atomic mass is 10.0. The number of amides is 1. The lowest BCUT2D eigenvalue weighted by molar-refractivity contribution is -0.156. The van der Waals surface area contributed by atoms with Gasteiger partial charge < -0.3 is 10.6 Å². The molecule has 0 saturated heterocycles. The van der Waals surface area contributed by atoms with E-state index >= 15 is 0 Å². The van der Waals surface area contributed by atoms with Crippen LogP contribution in [0.3, 0.4) is 0 Å². The van der Waals surface area contributed by atoms with Crippen molar-refractivity contribution >= 4 is 22.8 Å². The summed E-state index contributed by atoms with van der Waals surface area (Å²) in [7, 11) is 0. The molecular formula is C23H20F8N4O2. The van der Waals surface area contributed by atoms with E-state index in [-0.39, 0.29) is 5.82 Å². The maximum absolute atomic E-state index is 14.6. The second-order valence-electron chi connectivity index (χ2n) is 8.57. The summed E-state index contributed by atoms with van der Waals surface area (Å²) in [4.78, 5) is 29.7. The first kappa shape index (κ1) is 27.9. The fraction of sp³-hybridized carbons (Fsp3) is 0.348. The molecule has 0 fully saturated rings. The van der Waals surface area contributed by atoms with E-state index in [1.807, 2.05) is 5.32 Å². The van der Waals surface area contributed by atoms with Crippen LogP contribution in [0.5, 0.6) is 0 Å². The van der Waals surface area contributed by atoms with Crippen LogP contribution in [-0.4, -0.2) is 40.4 Å². The van der Waals surface area contributed by atoms with Crippen LogP contribution < -0.4 is 16.1 Å². The first-order valence-electron chi connectivity index (χ1n) is 10.8. The Labute approximate surface area is 204 Å². The normalized spacial score (nSPS) is 13.2. The Kier molecular flexibility index (Phi) is 7.79. The summed E-state index contributed by atoms with van der Waals surface area (Å²) in [5, 5.41) is 3.36. The summed E-state index contributed by atoms with van der Waals surface area (Å²) >= 11 is 0. The van der Waals surface area contributed by atoms with E-state index < -0.39 is 82.5 Å². The van der Waals surface area contributed by atoms with Crippen molar-refractivity contribution in [3.05, 3.63) is 63.9 Å². The van der Waals surface area contributed by atoms with E-state index in [9.17, 15) is 44.7 Å². The molecule has 0 aliphatic heterocycles. The Bertz CT molecular complexity index is 1370. The third-order valence-electron chi connectivity index (χ3n) is 5.14. The Morgan fingerprint density at radius 3 is 2.30 bits per heavy atom. The second kappa shape index (κ2) is 10.3. The molecule has 3 aromatic rings. The maximum Gasteiger partial charge on any atom is 0.408 e. The molecule has 2 heterocycles. The molecule has 0 bridgehead atoms. The van der Waals surface area contributed by atoms with E-state index in [0.717, 1.165) is 28.8 Å². The molecule has 1 atom stereocenters. The molecule has 6 nitrogen and oxygen atoms in total. The van der Waals surface area contributed by atoms with Crippen LogP contribution in [0.25, 0.3) is 16.7 Å². The number of anilines is 1. The van der Waals surface area contributed by atoms with E-state index in [2.05, 4.69) is 4.98 Å². The van der Waals surface area contributed by atoms with Gasteiger partial charge in [0, 0.05) is 12.3 Å². The Balaban J connectivity index is 2.19. The van der Waals surface area contributed by atoms with Crippen molar-refractivity contribution in [2.45, 2.75) is 38.7 Å². The lowest BCUT2D eigenvalue weighted by Crippen LogP contribution is -2.47. The summed E-state index contributed by atoms with van der Waals surface area (Å²) in [5.41, 5.74) is -2.79. The van der Waals surface area contributed by atoms with Crippen LogP contribution >= 0.6 is 0 Å². The third-order valence-corrected chi connectivity index (χ3v) is 5.14. The average Bonchev–Trinajstić information content (AvgIpc) is 2.76. The molecule has 0 aliphatic rings. The number of nitrogens with zero attached hydrogens (tertiary/aromatic N) is 2. The van der Waals surface area contributed by atoms with E-state index in [0.29, 0.717) is 12.3 Å². The molecule has 200 valence electrons. The number of pyridine rings is 2. The van der Waals surface area contributed by atoms with Crippen molar-refractivity contribution in [3.63, 3.8) is 0 Å². The predicted octanol–water partition coefficient (Wildman–Crippen LogP) is 5.34. The minimum atomic E-state index is -4.83. The van der Waals surface area contributed by atoms with Gasteiger partial charge in [-0.25, -0.2) is 13.8 Å². The molecular weight excluding hydrogens is 516 g/mol. The van der Waals surface area contributed by atoms with Gasteiger partial charge in [0.1, 0.15) is 35.6 Å². The van der Waals surface area contributed by atoms with Gasteiger partial charge in [-0.3, -0.25) is 14.2 Å². The smallest absolute Gasteiger partial charge is 0.361 e. The molecule has 0 aliphatic carbocycles. The number of aromatic nitrogens is 2. The highest BCUT2D eigenvalue weighted by Crippen LogP contribution is 2.26. The zero-order valence-electron chi connectivity index (χ0n) is 19.3. The van der Waals surface area contributed by atoms with Gasteiger partial charge in [-0.15, -0.1) is 0 Å². The lowest BCUT2D eigenvalue weighted by Gasteiger charge is -2.23. The Hall–Kier alpha value is -3.71. The van der Waals surface area contributed by atoms with Gasteiger partial charge in [-0.05, 0) is 36.6 Å². The minimum absolute atomic E-state index is 0.369. The van der Waals surface area contributed by atoms with Crippen LogP contribution in [0.2, 0.25) is 0 Å². The van der Waals surface area contributed by atoms with Crippen LogP contribution in [0.1, 0.15) is 30.6 Å². The summed E-state index contributed by atoms with van der Waals surface area (Å²) in [6.45, 7) is 1.51. The molecule has 0 saturated carbocycles. The summed E-state index contributed by atoms with van der Waals surface area (Å²) in [6, 6.07) is 1.89. The molecule has 2 aromatic heterocycles. The molecule has 3 rings (SSSR count). The molecule has 1 aromatic carbocycles.